The van der Waals surface area contributed by atoms with Crippen molar-refractivity contribution < 1.29 is 14.6 Å². The summed E-state index contributed by atoms with van der Waals surface area (Å²) in [6.45, 7) is 4.69. The molecule has 3 nitrogen and oxygen atoms in total. The molecule has 0 saturated carbocycles. The second-order valence-corrected chi connectivity index (χ2v) is 7.17. The van der Waals surface area contributed by atoms with Crippen LogP contribution >= 0.6 is 0 Å². The monoisotopic (exact) mass is 326 g/mol. The molecular weight excluding hydrogens is 300 g/mol. The molecule has 0 bridgehead atoms. The van der Waals surface area contributed by atoms with Crippen molar-refractivity contribution in [3.63, 3.8) is 0 Å². The molecule has 1 aliphatic rings. The number of hydrogen-bond acceptors (Lipinski definition) is 3. The highest BCUT2D eigenvalue weighted by Crippen LogP contribution is 2.43. The van der Waals surface area contributed by atoms with Crippen molar-refractivity contribution >= 4 is 0 Å². The van der Waals surface area contributed by atoms with Gasteiger partial charge in [0.25, 0.3) is 0 Å². The SMILES string of the molecule is CC1(C)COC(CCc2ccccc2)(c2ccccc2)OC1CO. The van der Waals surface area contributed by atoms with E-state index in [9.17, 15) is 5.11 Å². The Morgan fingerprint density at radius 1 is 1.00 bits per heavy atom. The predicted molar refractivity (Wildman–Crippen MR) is 94.6 cm³/mol. The highest BCUT2D eigenvalue weighted by atomic mass is 16.7. The summed E-state index contributed by atoms with van der Waals surface area (Å²) >= 11 is 0. The summed E-state index contributed by atoms with van der Waals surface area (Å²) in [5, 5.41) is 9.81. The molecule has 0 spiro atoms. The zero-order chi connectivity index (χ0) is 17.0. The molecule has 128 valence electrons. The minimum absolute atomic E-state index is 0.00369. The van der Waals surface area contributed by atoms with Crippen LogP contribution in [-0.2, 0) is 21.7 Å². The minimum atomic E-state index is -0.806. The molecule has 0 aliphatic carbocycles. The van der Waals surface area contributed by atoms with Gasteiger partial charge in [0.15, 0.2) is 5.79 Å². The molecule has 1 N–H and O–H groups in total. The van der Waals surface area contributed by atoms with Crippen molar-refractivity contribution in [1.29, 1.82) is 0 Å². The van der Waals surface area contributed by atoms with Gasteiger partial charge in [-0.2, -0.15) is 0 Å². The number of hydrogen-bond donors (Lipinski definition) is 1. The van der Waals surface area contributed by atoms with E-state index < -0.39 is 5.79 Å². The second kappa shape index (κ2) is 7.06. The Morgan fingerprint density at radius 2 is 1.62 bits per heavy atom. The number of aliphatic hydroxyl groups excluding tert-OH is 1. The van der Waals surface area contributed by atoms with E-state index >= 15 is 0 Å². The van der Waals surface area contributed by atoms with Crippen LogP contribution in [0.4, 0.5) is 0 Å². The molecule has 1 aliphatic heterocycles. The van der Waals surface area contributed by atoms with Crippen LogP contribution in [0.5, 0.6) is 0 Å². The normalized spacial score (nSPS) is 26.2. The molecule has 0 amide bonds. The fraction of sp³-hybridized carbons (Fsp3) is 0.429. The number of benzene rings is 2. The van der Waals surface area contributed by atoms with E-state index in [-0.39, 0.29) is 18.1 Å². The molecular formula is C21H26O3. The maximum atomic E-state index is 9.81. The van der Waals surface area contributed by atoms with Gasteiger partial charge in [-0.05, 0) is 12.0 Å². The van der Waals surface area contributed by atoms with Crippen molar-refractivity contribution in [1.82, 2.24) is 0 Å². The van der Waals surface area contributed by atoms with Gasteiger partial charge in [-0.3, -0.25) is 0 Å². The standard InChI is InChI=1S/C21H26O3/c1-20(2)16-23-21(24-19(20)15-22,18-11-7-4-8-12-18)14-13-17-9-5-3-6-10-17/h3-12,19,22H,13-16H2,1-2H3. The summed E-state index contributed by atoms with van der Waals surface area (Å²) in [6.07, 6.45) is 1.32. The summed E-state index contributed by atoms with van der Waals surface area (Å²) in [7, 11) is 0. The zero-order valence-electron chi connectivity index (χ0n) is 14.4. The molecule has 2 atom stereocenters. The topological polar surface area (TPSA) is 38.7 Å². The summed E-state index contributed by atoms with van der Waals surface area (Å²) < 4.78 is 12.7. The lowest BCUT2D eigenvalue weighted by Crippen LogP contribution is -2.53. The summed E-state index contributed by atoms with van der Waals surface area (Å²) in [5.41, 5.74) is 2.06. The largest absolute Gasteiger partial charge is 0.394 e. The second-order valence-electron chi connectivity index (χ2n) is 7.17. The summed E-state index contributed by atoms with van der Waals surface area (Å²) in [5.74, 6) is -0.806. The van der Waals surface area contributed by atoms with Gasteiger partial charge in [-0.15, -0.1) is 0 Å². The fourth-order valence-electron chi connectivity index (χ4n) is 3.18. The molecule has 2 aromatic carbocycles. The third-order valence-corrected chi connectivity index (χ3v) is 4.85. The van der Waals surface area contributed by atoms with Gasteiger partial charge in [-0.1, -0.05) is 74.5 Å². The van der Waals surface area contributed by atoms with Crippen molar-refractivity contribution in [3.05, 3.63) is 71.8 Å². The van der Waals surface area contributed by atoms with Crippen LogP contribution in [0, 0.1) is 5.41 Å². The van der Waals surface area contributed by atoms with E-state index in [1.54, 1.807) is 0 Å². The smallest absolute Gasteiger partial charge is 0.195 e. The molecule has 2 unspecified atom stereocenters. The lowest BCUT2D eigenvalue weighted by molar-refractivity contribution is -0.345. The Hall–Kier alpha value is -1.68. The molecule has 0 aromatic heterocycles. The first kappa shape index (κ1) is 17.2. The van der Waals surface area contributed by atoms with Crippen LogP contribution in [0.2, 0.25) is 0 Å². The number of ether oxygens (including phenoxy) is 2. The molecule has 3 heteroatoms. The highest BCUT2D eigenvalue weighted by molar-refractivity contribution is 5.23. The third-order valence-electron chi connectivity index (χ3n) is 4.85. The van der Waals surface area contributed by atoms with Gasteiger partial charge in [-0.25, -0.2) is 0 Å². The quantitative estimate of drug-likeness (QED) is 0.905. The molecule has 3 rings (SSSR count). The molecule has 1 saturated heterocycles. The van der Waals surface area contributed by atoms with Crippen molar-refractivity contribution in [2.45, 2.75) is 38.6 Å². The Morgan fingerprint density at radius 3 is 2.25 bits per heavy atom. The van der Waals surface area contributed by atoms with Gasteiger partial charge in [0.1, 0.15) is 0 Å². The third kappa shape index (κ3) is 3.54. The Balaban J connectivity index is 1.88. The number of aryl methyl sites for hydroxylation is 1. The fourth-order valence-corrected chi connectivity index (χ4v) is 3.18. The predicted octanol–water partition coefficient (Wildman–Crippen LogP) is 3.91. The molecule has 1 fully saturated rings. The zero-order valence-corrected chi connectivity index (χ0v) is 14.4. The first-order valence-electron chi connectivity index (χ1n) is 8.58. The van der Waals surface area contributed by atoms with E-state index in [1.165, 1.54) is 5.56 Å². The maximum Gasteiger partial charge on any atom is 0.195 e. The van der Waals surface area contributed by atoms with Gasteiger partial charge < -0.3 is 14.6 Å². The Kier molecular flexibility index (Phi) is 5.04. The van der Waals surface area contributed by atoms with Gasteiger partial charge >= 0.3 is 0 Å². The van der Waals surface area contributed by atoms with E-state index in [0.717, 1.165) is 12.0 Å². The average molecular weight is 326 g/mol. The van der Waals surface area contributed by atoms with Crippen LogP contribution in [0.3, 0.4) is 0 Å². The number of aliphatic hydroxyl groups is 1. The molecule has 0 radical (unpaired) electrons. The van der Waals surface area contributed by atoms with E-state index in [4.69, 9.17) is 9.47 Å². The highest BCUT2D eigenvalue weighted by Gasteiger charge is 2.47. The van der Waals surface area contributed by atoms with Crippen LogP contribution in [-0.4, -0.2) is 24.4 Å². The average Bonchev–Trinajstić information content (AvgIpc) is 2.62. The van der Waals surface area contributed by atoms with Crippen molar-refractivity contribution in [2.24, 2.45) is 5.41 Å². The lowest BCUT2D eigenvalue weighted by atomic mass is 9.84. The molecule has 24 heavy (non-hydrogen) atoms. The lowest BCUT2D eigenvalue weighted by Gasteiger charge is -2.48. The van der Waals surface area contributed by atoms with Crippen LogP contribution in [0.1, 0.15) is 31.4 Å². The first-order chi connectivity index (χ1) is 11.6. The number of rotatable bonds is 5. The first-order valence-corrected chi connectivity index (χ1v) is 8.58. The van der Waals surface area contributed by atoms with E-state index in [2.05, 4.69) is 26.0 Å². The van der Waals surface area contributed by atoms with Crippen molar-refractivity contribution in [3.8, 4) is 0 Å². The molecule has 1 heterocycles. The Labute approximate surface area is 144 Å². The van der Waals surface area contributed by atoms with E-state index in [1.807, 2.05) is 48.5 Å². The summed E-state index contributed by atoms with van der Waals surface area (Å²) in [6, 6.07) is 20.4. The van der Waals surface area contributed by atoms with Crippen LogP contribution < -0.4 is 0 Å². The Bertz CT molecular complexity index is 639. The minimum Gasteiger partial charge on any atom is -0.394 e. The van der Waals surface area contributed by atoms with Crippen LogP contribution in [0.25, 0.3) is 0 Å². The summed E-state index contributed by atoms with van der Waals surface area (Å²) in [4.78, 5) is 0. The van der Waals surface area contributed by atoms with E-state index in [0.29, 0.717) is 13.0 Å². The van der Waals surface area contributed by atoms with Gasteiger partial charge in [0.05, 0.1) is 19.3 Å². The molecule has 2 aromatic rings. The maximum absolute atomic E-state index is 9.81. The van der Waals surface area contributed by atoms with Crippen LogP contribution in [0.15, 0.2) is 60.7 Å². The van der Waals surface area contributed by atoms with Crippen molar-refractivity contribution in [2.75, 3.05) is 13.2 Å². The van der Waals surface area contributed by atoms with Gasteiger partial charge in [0.2, 0.25) is 0 Å². The van der Waals surface area contributed by atoms with Gasteiger partial charge in [0, 0.05) is 17.4 Å².